The number of halogens is 1. The number of hydrogen-bond acceptors (Lipinski definition) is 3. The van der Waals surface area contributed by atoms with Crippen LogP contribution in [0.5, 0.6) is 11.5 Å². The summed E-state index contributed by atoms with van der Waals surface area (Å²) in [7, 11) is 0. The number of aliphatic hydroxyl groups is 1. The van der Waals surface area contributed by atoms with Crippen LogP contribution in [0.3, 0.4) is 0 Å². The predicted octanol–water partition coefficient (Wildman–Crippen LogP) is 3.12. The second-order valence-corrected chi connectivity index (χ2v) is 6.38. The van der Waals surface area contributed by atoms with Crippen LogP contribution in [0, 0.1) is 0 Å². The zero-order valence-corrected chi connectivity index (χ0v) is 12.0. The van der Waals surface area contributed by atoms with Gasteiger partial charge in [0.15, 0.2) is 11.5 Å². The van der Waals surface area contributed by atoms with Crippen LogP contribution in [0.2, 0.25) is 0 Å². The van der Waals surface area contributed by atoms with Gasteiger partial charge in [-0.05, 0) is 49.9 Å². The molecule has 0 saturated heterocycles. The largest absolute Gasteiger partial charge is 0.490 e. The van der Waals surface area contributed by atoms with Gasteiger partial charge in [-0.3, -0.25) is 0 Å². The van der Waals surface area contributed by atoms with Gasteiger partial charge in [0, 0.05) is 12.8 Å². The molecule has 20 heavy (non-hydrogen) atoms. The Hall–Kier alpha value is -1.29. The average molecular weight is 280 g/mol. The maximum Gasteiger partial charge on any atom is 0.161 e. The maximum atomic E-state index is 14.5. The fourth-order valence-electron chi connectivity index (χ4n) is 2.63. The molecule has 1 aliphatic heterocycles. The molecule has 1 aliphatic carbocycles. The molecule has 3 nitrogen and oxygen atoms in total. The standard InChI is InChI=1S/C16H21FO3/c1-15(2,17)12-9-14-13(19-6-3-7-20-14)8-11(12)10-16(18)4-5-16/h8-9,18H,3-7,10H2,1-2H3. The van der Waals surface area contributed by atoms with Gasteiger partial charge >= 0.3 is 0 Å². The SMILES string of the molecule is CC(C)(F)c1cc2c(cc1CC1(O)CC1)OCCCO2. The van der Waals surface area contributed by atoms with Gasteiger partial charge < -0.3 is 14.6 Å². The summed E-state index contributed by atoms with van der Waals surface area (Å²) >= 11 is 0. The molecule has 1 aromatic carbocycles. The highest BCUT2D eigenvalue weighted by Crippen LogP contribution is 2.44. The summed E-state index contributed by atoms with van der Waals surface area (Å²) in [4.78, 5) is 0. The summed E-state index contributed by atoms with van der Waals surface area (Å²) in [6, 6.07) is 3.58. The second kappa shape index (κ2) is 4.62. The molecule has 0 bridgehead atoms. The minimum atomic E-state index is -1.47. The lowest BCUT2D eigenvalue weighted by molar-refractivity contribution is 0.148. The molecular formula is C16H21FO3. The third-order valence-electron chi connectivity index (χ3n) is 3.96. The van der Waals surface area contributed by atoms with Crippen molar-refractivity contribution in [3.63, 3.8) is 0 Å². The summed E-state index contributed by atoms with van der Waals surface area (Å²) < 4.78 is 25.8. The molecule has 1 fully saturated rings. The lowest BCUT2D eigenvalue weighted by Gasteiger charge is -2.23. The third kappa shape index (κ3) is 2.75. The second-order valence-electron chi connectivity index (χ2n) is 6.38. The molecule has 0 unspecified atom stereocenters. The number of ether oxygens (including phenoxy) is 2. The van der Waals surface area contributed by atoms with Crippen molar-refractivity contribution in [3.8, 4) is 11.5 Å². The van der Waals surface area contributed by atoms with Gasteiger partial charge in [0.1, 0.15) is 5.67 Å². The molecule has 0 atom stereocenters. The van der Waals surface area contributed by atoms with Crippen molar-refractivity contribution in [1.82, 2.24) is 0 Å². The van der Waals surface area contributed by atoms with Gasteiger partial charge in [0.2, 0.25) is 0 Å². The van der Waals surface area contributed by atoms with Crippen molar-refractivity contribution < 1.29 is 19.0 Å². The van der Waals surface area contributed by atoms with E-state index in [4.69, 9.17) is 9.47 Å². The Bertz CT molecular complexity index is 515. The summed E-state index contributed by atoms with van der Waals surface area (Å²) in [5, 5.41) is 10.1. The Labute approximate surface area is 118 Å². The fraction of sp³-hybridized carbons (Fsp3) is 0.625. The summed E-state index contributed by atoms with van der Waals surface area (Å²) in [5.74, 6) is 1.27. The topological polar surface area (TPSA) is 38.7 Å². The molecule has 0 aromatic heterocycles. The summed E-state index contributed by atoms with van der Waals surface area (Å²) in [6.45, 7) is 4.26. The Morgan fingerprint density at radius 1 is 1.20 bits per heavy atom. The quantitative estimate of drug-likeness (QED) is 0.924. The van der Waals surface area contributed by atoms with Crippen LogP contribution in [-0.4, -0.2) is 23.9 Å². The molecule has 1 aromatic rings. The van der Waals surface area contributed by atoms with E-state index in [0.29, 0.717) is 36.7 Å². The van der Waals surface area contributed by atoms with Crippen LogP contribution < -0.4 is 9.47 Å². The van der Waals surface area contributed by atoms with E-state index in [2.05, 4.69) is 0 Å². The summed E-state index contributed by atoms with van der Waals surface area (Å²) in [6.07, 6.45) is 2.87. The van der Waals surface area contributed by atoms with Crippen molar-refractivity contribution >= 4 is 0 Å². The highest BCUT2D eigenvalue weighted by molar-refractivity contribution is 5.50. The molecule has 1 N–H and O–H groups in total. The maximum absolute atomic E-state index is 14.5. The van der Waals surface area contributed by atoms with E-state index >= 15 is 0 Å². The zero-order valence-electron chi connectivity index (χ0n) is 12.0. The number of alkyl halides is 1. The van der Waals surface area contributed by atoms with Crippen molar-refractivity contribution in [2.24, 2.45) is 0 Å². The van der Waals surface area contributed by atoms with Crippen LogP contribution in [0.15, 0.2) is 12.1 Å². The van der Waals surface area contributed by atoms with Crippen molar-refractivity contribution in [2.45, 2.75) is 50.8 Å². The molecule has 0 spiro atoms. The first-order chi connectivity index (χ1) is 9.37. The van der Waals surface area contributed by atoms with E-state index < -0.39 is 11.3 Å². The van der Waals surface area contributed by atoms with E-state index in [1.165, 1.54) is 13.8 Å². The van der Waals surface area contributed by atoms with E-state index in [1.54, 1.807) is 6.07 Å². The van der Waals surface area contributed by atoms with Gasteiger partial charge in [-0.1, -0.05) is 0 Å². The van der Waals surface area contributed by atoms with E-state index in [9.17, 15) is 9.50 Å². The average Bonchev–Trinajstić information content (AvgIpc) is 3.10. The first kappa shape index (κ1) is 13.7. The molecule has 110 valence electrons. The normalized spacial score (nSPS) is 20.4. The molecule has 0 radical (unpaired) electrons. The minimum absolute atomic E-state index is 0.478. The van der Waals surface area contributed by atoms with Crippen LogP contribution in [0.1, 0.15) is 44.2 Å². The molecule has 2 aliphatic rings. The Kier molecular flexibility index (Phi) is 3.16. The predicted molar refractivity (Wildman–Crippen MR) is 74.1 cm³/mol. The van der Waals surface area contributed by atoms with E-state index in [-0.39, 0.29) is 0 Å². The van der Waals surface area contributed by atoms with Gasteiger partial charge in [0.05, 0.1) is 18.8 Å². The van der Waals surface area contributed by atoms with Crippen molar-refractivity contribution in [1.29, 1.82) is 0 Å². The lowest BCUT2D eigenvalue weighted by atomic mass is 9.90. The third-order valence-corrected chi connectivity index (χ3v) is 3.96. The Morgan fingerprint density at radius 3 is 2.35 bits per heavy atom. The number of fused-ring (bicyclic) bond motifs is 1. The molecule has 1 heterocycles. The van der Waals surface area contributed by atoms with Gasteiger partial charge in [-0.25, -0.2) is 4.39 Å². The van der Waals surface area contributed by atoms with Crippen molar-refractivity contribution in [2.75, 3.05) is 13.2 Å². The molecule has 3 rings (SSSR count). The van der Waals surface area contributed by atoms with Crippen LogP contribution in [-0.2, 0) is 12.1 Å². The van der Waals surface area contributed by atoms with Crippen LogP contribution >= 0.6 is 0 Å². The van der Waals surface area contributed by atoms with E-state index in [1.807, 2.05) is 6.07 Å². The van der Waals surface area contributed by atoms with Crippen LogP contribution in [0.4, 0.5) is 4.39 Å². The molecular weight excluding hydrogens is 259 g/mol. The first-order valence-corrected chi connectivity index (χ1v) is 7.22. The van der Waals surface area contributed by atoms with Crippen molar-refractivity contribution in [3.05, 3.63) is 23.3 Å². The zero-order chi connectivity index (χ0) is 14.4. The first-order valence-electron chi connectivity index (χ1n) is 7.22. The van der Waals surface area contributed by atoms with Gasteiger partial charge in [0.25, 0.3) is 0 Å². The molecule has 0 amide bonds. The number of hydrogen-bond donors (Lipinski definition) is 1. The lowest BCUT2D eigenvalue weighted by Crippen LogP contribution is -2.18. The van der Waals surface area contributed by atoms with E-state index in [0.717, 1.165) is 24.8 Å². The highest BCUT2D eigenvalue weighted by atomic mass is 19.1. The van der Waals surface area contributed by atoms with Gasteiger partial charge in [-0.2, -0.15) is 0 Å². The number of rotatable bonds is 3. The molecule has 1 saturated carbocycles. The fourth-order valence-corrected chi connectivity index (χ4v) is 2.63. The smallest absolute Gasteiger partial charge is 0.161 e. The Morgan fingerprint density at radius 2 is 1.80 bits per heavy atom. The minimum Gasteiger partial charge on any atom is -0.490 e. The Balaban J connectivity index is 2.03. The summed E-state index contributed by atoms with van der Waals surface area (Å²) in [5.41, 5.74) is -0.714. The highest BCUT2D eigenvalue weighted by Gasteiger charge is 2.42. The number of benzene rings is 1. The molecule has 4 heteroatoms. The van der Waals surface area contributed by atoms with Gasteiger partial charge in [-0.15, -0.1) is 0 Å². The monoisotopic (exact) mass is 280 g/mol. The van der Waals surface area contributed by atoms with Crippen LogP contribution in [0.25, 0.3) is 0 Å².